The molecule has 0 radical (unpaired) electrons. The highest BCUT2D eigenvalue weighted by Crippen LogP contribution is 2.26. The van der Waals surface area contributed by atoms with Gasteiger partial charge in [0.25, 0.3) is 0 Å². The molecule has 0 atom stereocenters. The fourth-order valence-corrected chi connectivity index (χ4v) is 2.90. The van der Waals surface area contributed by atoms with Gasteiger partial charge in [0.15, 0.2) is 11.3 Å². The average Bonchev–Trinajstić information content (AvgIpc) is 2.87. The molecule has 0 N–H and O–H groups in total. The van der Waals surface area contributed by atoms with Gasteiger partial charge < -0.3 is 4.74 Å². The minimum atomic E-state index is -0.474. The summed E-state index contributed by atoms with van der Waals surface area (Å²) in [5, 5.41) is 0. The molecule has 0 aliphatic carbocycles. The van der Waals surface area contributed by atoms with Crippen molar-refractivity contribution in [2.24, 2.45) is 0 Å². The van der Waals surface area contributed by atoms with Crippen LogP contribution in [-0.2, 0) is 4.74 Å². The van der Waals surface area contributed by atoms with E-state index in [1.54, 1.807) is 12.4 Å². The molecule has 0 bridgehead atoms. The van der Waals surface area contributed by atoms with Crippen molar-refractivity contribution in [3.8, 4) is 11.3 Å². The van der Waals surface area contributed by atoms with Crippen LogP contribution in [0.5, 0.6) is 0 Å². The number of esters is 1. The normalized spacial score (nSPS) is 10.8. The molecule has 0 fully saturated rings. The topological polar surface area (TPSA) is 56.5 Å². The number of hydrogen-bond donors (Lipinski definition) is 0. The van der Waals surface area contributed by atoms with Crippen LogP contribution < -0.4 is 0 Å². The van der Waals surface area contributed by atoms with Crippen LogP contribution in [0.25, 0.3) is 16.9 Å². The van der Waals surface area contributed by atoms with E-state index in [9.17, 15) is 4.79 Å². The molecule has 21 heavy (non-hydrogen) atoms. The van der Waals surface area contributed by atoms with Gasteiger partial charge in [-0.05, 0) is 34.7 Å². The monoisotopic (exact) mass is 457 g/mol. The maximum atomic E-state index is 11.8. The van der Waals surface area contributed by atoms with Crippen molar-refractivity contribution >= 4 is 50.1 Å². The Kier molecular flexibility index (Phi) is 3.94. The molecule has 0 aliphatic rings. The molecule has 0 unspecified atom stereocenters. The molecule has 106 valence electrons. The molecule has 3 rings (SSSR count). The summed E-state index contributed by atoms with van der Waals surface area (Å²) in [4.78, 5) is 20.6. The molecule has 0 amide bonds. The van der Waals surface area contributed by atoms with Crippen LogP contribution >= 0.6 is 38.5 Å². The number of fused-ring (bicyclic) bond motifs is 1. The highest BCUT2D eigenvalue weighted by atomic mass is 127. The predicted molar refractivity (Wildman–Crippen MR) is 90.2 cm³/mol. The van der Waals surface area contributed by atoms with Crippen molar-refractivity contribution in [3.05, 3.63) is 50.5 Å². The molecule has 1 aromatic carbocycles. The van der Waals surface area contributed by atoms with Crippen molar-refractivity contribution in [1.82, 2.24) is 14.4 Å². The number of rotatable bonds is 2. The lowest BCUT2D eigenvalue weighted by Crippen LogP contribution is -2.08. The number of imidazole rings is 1. The van der Waals surface area contributed by atoms with Crippen molar-refractivity contribution in [1.29, 1.82) is 0 Å². The molecule has 5 nitrogen and oxygen atoms in total. The summed E-state index contributed by atoms with van der Waals surface area (Å²) < 4.78 is 8.43. The van der Waals surface area contributed by atoms with E-state index in [1.165, 1.54) is 7.11 Å². The van der Waals surface area contributed by atoms with E-state index >= 15 is 0 Å². The van der Waals surface area contributed by atoms with Gasteiger partial charge >= 0.3 is 5.97 Å². The van der Waals surface area contributed by atoms with Crippen LogP contribution in [0.15, 0.2) is 41.1 Å². The number of carbonyl (C=O) groups is 1. The zero-order valence-corrected chi connectivity index (χ0v) is 14.6. The molecular weight excluding hydrogens is 449 g/mol. The Morgan fingerprint density at radius 2 is 2.24 bits per heavy atom. The Morgan fingerprint density at radius 3 is 2.95 bits per heavy atom. The maximum absolute atomic E-state index is 11.8. The molecule has 2 aromatic heterocycles. The lowest BCUT2D eigenvalue weighted by Gasteiger charge is -2.07. The maximum Gasteiger partial charge on any atom is 0.358 e. The van der Waals surface area contributed by atoms with E-state index in [0.717, 1.165) is 13.7 Å². The number of aromatic nitrogens is 3. The third-order valence-electron chi connectivity index (χ3n) is 2.94. The van der Waals surface area contributed by atoms with Gasteiger partial charge in [0.05, 0.1) is 13.3 Å². The predicted octanol–water partition coefficient (Wildman–Crippen LogP) is 3.55. The number of benzene rings is 1. The van der Waals surface area contributed by atoms with E-state index in [1.807, 2.05) is 28.7 Å². The van der Waals surface area contributed by atoms with E-state index in [4.69, 9.17) is 4.74 Å². The SMILES string of the molecule is COC(=O)c1cn2c(I)cnc2c(-c2cccc(Br)c2)n1. The van der Waals surface area contributed by atoms with Crippen LogP contribution in [-0.4, -0.2) is 27.4 Å². The van der Waals surface area contributed by atoms with Crippen LogP contribution in [0.2, 0.25) is 0 Å². The number of hydrogen-bond acceptors (Lipinski definition) is 4. The Labute approximate surface area is 142 Å². The van der Waals surface area contributed by atoms with E-state index in [2.05, 4.69) is 48.5 Å². The molecule has 3 aromatic rings. The molecule has 7 heteroatoms. The van der Waals surface area contributed by atoms with Crippen LogP contribution in [0.3, 0.4) is 0 Å². The zero-order valence-electron chi connectivity index (χ0n) is 10.9. The highest BCUT2D eigenvalue weighted by molar-refractivity contribution is 14.1. The van der Waals surface area contributed by atoms with Gasteiger partial charge in [0.1, 0.15) is 9.39 Å². The van der Waals surface area contributed by atoms with Gasteiger partial charge in [0.2, 0.25) is 0 Å². The van der Waals surface area contributed by atoms with Gasteiger partial charge in [-0.15, -0.1) is 0 Å². The first-order valence-electron chi connectivity index (χ1n) is 5.98. The first-order chi connectivity index (χ1) is 10.1. The van der Waals surface area contributed by atoms with Gasteiger partial charge in [-0.2, -0.15) is 0 Å². The van der Waals surface area contributed by atoms with Gasteiger partial charge in [-0.25, -0.2) is 14.8 Å². The lowest BCUT2D eigenvalue weighted by atomic mass is 10.1. The van der Waals surface area contributed by atoms with Crippen LogP contribution in [0.1, 0.15) is 10.5 Å². The molecule has 0 saturated carbocycles. The number of ether oxygens (including phenoxy) is 1. The summed E-state index contributed by atoms with van der Waals surface area (Å²) in [6.07, 6.45) is 3.37. The molecule has 0 saturated heterocycles. The summed E-state index contributed by atoms with van der Waals surface area (Å²) in [5.41, 5.74) is 2.46. The fraction of sp³-hybridized carbons (Fsp3) is 0.0714. The average molecular weight is 458 g/mol. The number of carbonyl (C=O) groups excluding carboxylic acids is 1. The standard InChI is InChI=1S/C14H9BrIN3O2/c1-21-14(20)10-7-19-11(16)6-17-13(19)12(18-10)8-3-2-4-9(15)5-8/h2-7H,1H3. The number of nitrogens with zero attached hydrogens (tertiary/aromatic N) is 3. The fourth-order valence-electron chi connectivity index (χ4n) is 1.99. The molecule has 2 heterocycles. The molecule has 0 spiro atoms. The summed E-state index contributed by atoms with van der Waals surface area (Å²) in [6, 6.07) is 7.71. The van der Waals surface area contributed by atoms with Gasteiger partial charge in [-0.3, -0.25) is 4.40 Å². The third-order valence-corrected chi connectivity index (χ3v) is 4.23. The van der Waals surface area contributed by atoms with E-state index in [0.29, 0.717) is 11.3 Å². The summed E-state index contributed by atoms with van der Waals surface area (Å²) in [5.74, 6) is -0.474. The molecule has 0 aliphatic heterocycles. The second-order valence-electron chi connectivity index (χ2n) is 4.25. The Hall–Kier alpha value is -1.48. The summed E-state index contributed by atoms with van der Waals surface area (Å²) in [7, 11) is 1.34. The van der Waals surface area contributed by atoms with Crippen molar-refractivity contribution < 1.29 is 9.53 Å². The zero-order chi connectivity index (χ0) is 15.0. The van der Waals surface area contributed by atoms with E-state index in [-0.39, 0.29) is 5.69 Å². The summed E-state index contributed by atoms with van der Waals surface area (Å²) >= 11 is 5.60. The second kappa shape index (κ2) is 5.72. The Balaban J connectivity index is 2.32. The third kappa shape index (κ3) is 2.67. The summed E-state index contributed by atoms with van der Waals surface area (Å²) in [6.45, 7) is 0. The van der Waals surface area contributed by atoms with Crippen LogP contribution in [0.4, 0.5) is 0 Å². The van der Waals surface area contributed by atoms with Crippen molar-refractivity contribution in [2.45, 2.75) is 0 Å². The largest absolute Gasteiger partial charge is 0.464 e. The van der Waals surface area contributed by atoms with Crippen molar-refractivity contribution in [3.63, 3.8) is 0 Å². The molecular formula is C14H9BrIN3O2. The quantitative estimate of drug-likeness (QED) is 0.436. The van der Waals surface area contributed by atoms with E-state index < -0.39 is 5.97 Å². The van der Waals surface area contributed by atoms with Crippen LogP contribution in [0, 0.1) is 3.70 Å². The highest BCUT2D eigenvalue weighted by Gasteiger charge is 2.16. The number of halogens is 2. The van der Waals surface area contributed by atoms with Gasteiger partial charge in [-0.1, -0.05) is 28.1 Å². The second-order valence-corrected chi connectivity index (χ2v) is 6.27. The number of methoxy groups -OCH3 is 1. The smallest absolute Gasteiger partial charge is 0.358 e. The lowest BCUT2D eigenvalue weighted by molar-refractivity contribution is 0.0593. The first-order valence-corrected chi connectivity index (χ1v) is 7.85. The van der Waals surface area contributed by atoms with Gasteiger partial charge in [0, 0.05) is 16.2 Å². The van der Waals surface area contributed by atoms with Crippen molar-refractivity contribution in [2.75, 3.05) is 7.11 Å². The Bertz CT molecular complexity index is 847. The minimum absolute atomic E-state index is 0.246. The minimum Gasteiger partial charge on any atom is -0.464 e. The first kappa shape index (κ1) is 14.5. The Morgan fingerprint density at radius 1 is 1.43 bits per heavy atom.